The smallest absolute Gasteiger partial charge is 0.191 e. The SMILES string of the molecule is CCc1nc(CNC(=NC)NCCSC)cs1. The average molecular weight is 272 g/mol. The highest BCUT2D eigenvalue weighted by molar-refractivity contribution is 7.98. The van der Waals surface area contributed by atoms with E-state index in [0.717, 1.165) is 36.9 Å². The number of guanidine groups is 1. The fourth-order valence-electron chi connectivity index (χ4n) is 1.26. The summed E-state index contributed by atoms with van der Waals surface area (Å²) in [5.41, 5.74) is 1.08. The van der Waals surface area contributed by atoms with Crippen LogP contribution in [0.15, 0.2) is 10.4 Å². The van der Waals surface area contributed by atoms with Gasteiger partial charge in [0.2, 0.25) is 0 Å². The summed E-state index contributed by atoms with van der Waals surface area (Å²) in [6.07, 6.45) is 3.10. The van der Waals surface area contributed by atoms with Gasteiger partial charge in [0.25, 0.3) is 0 Å². The second-order valence-electron chi connectivity index (χ2n) is 3.43. The van der Waals surface area contributed by atoms with Crippen LogP contribution in [0.2, 0.25) is 0 Å². The van der Waals surface area contributed by atoms with Crippen LogP contribution in [-0.4, -0.2) is 36.5 Å². The van der Waals surface area contributed by atoms with E-state index in [4.69, 9.17) is 0 Å². The van der Waals surface area contributed by atoms with Crippen molar-refractivity contribution in [2.45, 2.75) is 19.9 Å². The van der Waals surface area contributed by atoms with Crippen molar-refractivity contribution < 1.29 is 0 Å². The van der Waals surface area contributed by atoms with Gasteiger partial charge in [0, 0.05) is 24.7 Å². The summed E-state index contributed by atoms with van der Waals surface area (Å²) in [7, 11) is 1.78. The molecule has 1 heterocycles. The van der Waals surface area contributed by atoms with E-state index < -0.39 is 0 Å². The van der Waals surface area contributed by atoms with E-state index in [1.165, 1.54) is 5.01 Å². The summed E-state index contributed by atoms with van der Waals surface area (Å²) in [6.45, 7) is 3.78. The zero-order valence-corrected chi connectivity index (χ0v) is 12.2. The first-order valence-corrected chi connectivity index (χ1v) is 7.94. The minimum atomic E-state index is 0.732. The number of thioether (sulfide) groups is 1. The van der Waals surface area contributed by atoms with Gasteiger partial charge in [-0.15, -0.1) is 11.3 Å². The van der Waals surface area contributed by atoms with Gasteiger partial charge in [-0.2, -0.15) is 11.8 Å². The number of hydrogen-bond donors (Lipinski definition) is 2. The average Bonchev–Trinajstić information content (AvgIpc) is 2.81. The molecule has 2 N–H and O–H groups in total. The Hall–Kier alpha value is -0.750. The zero-order valence-electron chi connectivity index (χ0n) is 10.6. The predicted molar refractivity (Wildman–Crippen MR) is 78.1 cm³/mol. The summed E-state index contributed by atoms with van der Waals surface area (Å²) in [4.78, 5) is 8.66. The highest BCUT2D eigenvalue weighted by atomic mass is 32.2. The topological polar surface area (TPSA) is 49.3 Å². The number of rotatable bonds is 6. The number of hydrogen-bond acceptors (Lipinski definition) is 4. The Labute approximate surface area is 111 Å². The van der Waals surface area contributed by atoms with E-state index >= 15 is 0 Å². The van der Waals surface area contributed by atoms with Crippen molar-refractivity contribution in [1.82, 2.24) is 15.6 Å². The van der Waals surface area contributed by atoms with Crippen LogP contribution in [0.3, 0.4) is 0 Å². The lowest BCUT2D eigenvalue weighted by Gasteiger charge is -2.09. The second-order valence-corrected chi connectivity index (χ2v) is 5.36. The number of aliphatic imine (C=N–C) groups is 1. The molecule has 1 aromatic rings. The highest BCUT2D eigenvalue weighted by Gasteiger charge is 2.01. The Morgan fingerprint density at radius 2 is 2.35 bits per heavy atom. The molecule has 0 aromatic carbocycles. The van der Waals surface area contributed by atoms with Crippen LogP contribution in [0.4, 0.5) is 0 Å². The van der Waals surface area contributed by atoms with Crippen LogP contribution < -0.4 is 10.6 Å². The van der Waals surface area contributed by atoms with Gasteiger partial charge >= 0.3 is 0 Å². The molecule has 4 nitrogen and oxygen atoms in total. The number of nitrogens with one attached hydrogen (secondary N) is 2. The number of thiazole rings is 1. The van der Waals surface area contributed by atoms with E-state index in [2.05, 4.69) is 39.2 Å². The third-order valence-corrected chi connectivity index (χ3v) is 3.82. The molecule has 0 fully saturated rings. The van der Waals surface area contributed by atoms with E-state index in [-0.39, 0.29) is 0 Å². The fraction of sp³-hybridized carbons (Fsp3) is 0.636. The molecule has 0 amide bonds. The summed E-state index contributed by atoms with van der Waals surface area (Å²) in [5.74, 6) is 1.92. The van der Waals surface area contributed by atoms with Crippen LogP contribution in [0.5, 0.6) is 0 Å². The number of nitrogens with zero attached hydrogens (tertiary/aromatic N) is 2. The fourth-order valence-corrected chi connectivity index (χ4v) is 2.31. The van der Waals surface area contributed by atoms with Crippen molar-refractivity contribution in [2.75, 3.05) is 25.6 Å². The summed E-state index contributed by atoms with van der Waals surface area (Å²) in [5, 5.41) is 9.80. The van der Waals surface area contributed by atoms with E-state index in [0.29, 0.717) is 0 Å². The van der Waals surface area contributed by atoms with Gasteiger partial charge in [-0.1, -0.05) is 6.92 Å². The number of aromatic nitrogens is 1. The molecule has 0 radical (unpaired) electrons. The lowest BCUT2D eigenvalue weighted by molar-refractivity contribution is 0.813. The Bertz CT molecular complexity index is 349. The van der Waals surface area contributed by atoms with Crippen LogP contribution in [0, 0.1) is 0 Å². The van der Waals surface area contributed by atoms with Gasteiger partial charge in [0.15, 0.2) is 5.96 Å². The molecule has 17 heavy (non-hydrogen) atoms. The first-order valence-electron chi connectivity index (χ1n) is 5.66. The monoisotopic (exact) mass is 272 g/mol. The Morgan fingerprint density at radius 3 is 2.94 bits per heavy atom. The summed E-state index contributed by atoms with van der Waals surface area (Å²) >= 11 is 3.53. The van der Waals surface area contributed by atoms with Crippen molar-refractivity contribution in [3.05, 3.63) is 16.1 Å². The maximum atomic E-state index is 4.50. The van der Waals surface area contributed by atoms with Gasteiger partial charge in [-0.05, 0) is 12.7 Å². The molecule has 1 aromatic heterocycles. The largest absolute Gasteiger partial charge is 0.356 e. The number of aryl methyl sites for hydroxylation is 1. The van der Waals surface area contributed by atoms with Crippen molar-refractivity contribution in [3.63, 3.8) is 0 Å². The molecule has 0 aliphatic rings. The van der Waals surface area contributed by atoms with Gasteiger partial charge in [-0.25, -0.2) is 4.98 Å². The second kappa shape index (κ2) is 8.36. The zero-order chi connectivity index (χ0) is 12.5. The first kappa shape index (κ1) is 14.3. The molecule has 1 rings (SSSR count). The minimum Gasteiger partial charge on any atom is -0.356 e. The van der Waals surface area contributed by atoms with Crippen molar-refractivity contribution in [3.8, 4) is 0 Å². The van der Waals surface area contributed by atoms with Gasteiger partial charge in [0.1, 0.15) is 0 Å². The van der Waals surface area contributed by atoms with Crippen molar-refractivity contribution >= 4 is 29.1 Å². The van der Waals surface area contributed by atoms with Gasteiger partial charge < -0.3 is 10.6 Å². The molecule has 0 spiro atoms. The quantitative estimate of drug-likeness (QED) is 0.470. The van der Waals surface area contributed by atoms with Crippen LogP contribution in [-0.2, 0) is 13.0 Å². The summed E-state index contributed by atoms with van der Waals surface area (Å²) < 4.78 is 0. The maximum absolute atomic E-state index is 4.50. The van der Waals surface area contributed by atoms with Crippen LogP contribution >= 0.6 is 23.1 Å². The Balaban J connectivity index is 2.32. The van der Waals surface area contributed by atoms with Crippen LogP contribution in [0.1, 0.15) is 17.6 Å². The van der Waals surface area contributed by atoms with Gasteiger partial charge in [-0.3, -0.25) is 4.99 Å². The standard InChI is InChI=1S/C11H20N4S2/c1-4-10-15-9(8-17-10)7-14-11(12-2)13-5-6-16-3/h8H,4-7H2,1-3H3,(H2,12,13,14). The molecular weight excluding hydrogens is 252 g/mol. The lowest BCUT2D eigenvalue weighted by Crippen LogP contribution is -2.38. The Kier molecular flexibility index (Phi) is 7.04. The van der Waals surface area contributed by atoms with E-state index in [9.17, 15) is 0 Å². The molecule has 0 aliphatic carbocycles. The molecule has 0 saturated heterocycles. The maximum Gasteiger partial charge on any atom is 0.191 e. The third kappa shape index (κ3) is 5.41. The van der Waals surface area contributed by atoms with Crippen molar-refractivity contribution in [2.24, 2.45) is 4.99 Å². The molecular formula is C11H20N4S2. The highest BCUT2D eigenvalue weighted by Crippen LogP contribution is 2.09. The summed E-state index contributed by atoms with van der Waals surface area (Å²) in [6, 6.07) is 0. The molecule has 6 heteroatoms. The molecule has 0 bridgehead atoms. The van der Waals surface area contributed by atoms with Crippen LogP contribution in [0.25, 0.3) is 0 Å². The molecule has 0 aliphatic heterocycles. The molecule has 0 atom stereocenters. The molecule has 96 valence electrons. The van der Waals surface area contributed by atoms with Crippen molar-refractivity contribution in [1.29, 1.82) is 0 Å². The van der Waals surface area contributed by atoms with E-state index in [1.54, 1.807) is 18.4 Å². The minimum absolute atomic E-state index is 0.732. The lowest BCUT2D eigenvalue weighted by atomic mass is 10.4. The normalized spacial score (nSPS) is 11.6. The predicted octanol–water partition coefficient (Wildman–Crippen LogP) is 1.73. The van der Waals surface area contributed by atoms with E-state index in [1.807, 2.05) is 11.8 Å². The third-order valence-electron chi connectivity index (χ3n) is 2.16. The Morgan fingerprint density at radius 1 is 1.53 bits per heavy atom. The molecule has 0 saturated carbocycles. The first-order chi connectivity index (χ1) is 8.30. The molecule has 0 unspecified atom stereocenters. The van der Waals surface area contributed by atoms with Gasteiger partial charge in [0.05, 0.1) is 17.2 Å².